The van der Waals surface area contributed by atoms with E-state index in [1.807, 2.05) is 6.92 Å². The van der Waals surface area contributed by atoms with Gasteiger partial charge in [0, 0.05) is 5.02 Å². The second kappa shape index (κ2) is 5.88. The summed E-state index contributed by atoms with van der Waals surface area (Å²) in [5.41, 5.74) is 0.529. The first-order valence-corrected chi connectivity index (χ1v) is 6.24. The van der Waals surface area contributed by atoms with Crippen LogP contribution in [-0.4, -0.2) is 16.1 Å². The molecule has 4 nitrogen and oxygen atoms in total. The molecule has 0 fully saturated rings. The van der Waals surface area contributed by atoms with Gasteiger partial charge in [0.15, 0.2) is 0 Å². The van der Waals surface area contributed by atoms with E-state index in [0.717, 1.165) is 17.8 Å². The van der Waals surface area contributed by atoms with Crippen LogP contribution in [0.3, 0.4) is 0 Å². The molecule has 1 aromatic carbocycles. The normalized spacial score (nSPS) is 10.3. The van der Waals surface area contributed by atoms with Gasteiger partial charge in [-0.2, -0.15) is 0 Å². The van der Waals surface area contributed by atoms with Gasteiger partial charge in [0.25, 0.3) is 0 Å². The van der Waals surface area contributed by atoms with E-state index in [0.29, 0.717) is 17.2 Å². The second-order valence-electron chi connectivity index (χ2n) is 4.02. The molecular formula is C14H11ClFNO3. The first-order chi connectivity index (χ1) is 9.51. The Morgan fingerprint density at radius 1 is 1.45 bits per heavy atom. The molecule has 1 heterocycles. The first kappa shape index (κ1) is 14.3. The second-order valence-corrected chi connectivity index (χ2v) is 4.43. The summed E-state index contributed by atoms with van der Waals surface area (Å²) in [5.74, 6) is -1.81. The SMILES string of the molecule is CCc1cc(Oc2ncc(F)cc2C(=O)O)ccc1Cl. The number of carboxylic acids is 1. The number of ether oxygens (including phenoxy) is 1. The molecule has 20 heavy (non-hydrogen) atoms. The largest absolute Gasteiger partial charge is 0.477 e. The van der Waals surface area contributed by atoms with E-state index in [2.05, 4.69) is 4.98 Å². The molecule has 0 unspecified atom stereocenters. The molecule has 0 aliphatic rings. The Hall–Kier alpha value is -2.14. The fourth-order valence-corrected chi connectivity index (χ4v) is 1.91. The maximum atomic E-state index is 13.0. The van der Waals surface area contributed by atoms with Crippen LogP contribution in [0.25, 0.3) is 0 Å². The predicted molar refractivity (Wildman–Crippen MR) is 72.1 cm³/mol. The number of aryl methyl sites for hydroxylation is 1. The van der Waals surface area contributed by atoms with Gasteiger partial charge in [-0.1, -0.05) is 18.5 Å². The van der Waals surface area contributed by atoms with Crippen LogP contribution < -0.4 is 4.74 Å². The third kappa shape index (κ3) is 3.05. The van der Waals surface area contributed by atoms with Crippen LogP contribution >= 0.6 is 11.6 Å². The zero-order valence-corrected chi connectivity index (χ0v) is 11.3. The summed E-state index contributed by atoms with van der Waals surface area (Å²) >= 11 is 5.99. The summed E-state index contributed by atoms with van der Waals surface area (Å²) in [5, 5.41) is 9.61. The van der Waals surface area contributed by atoms with Crippen LogP contribution in [-0.2, 0) is 6.42 Å². The summed E-state index contributed by atoms with van der Waals surface area (Å²) in [6, 6.07) is 5.80. The predicted octanol–water partition coefficient (Wildman–Crippen LogP) is 3.93. The van der Waals surface area contributed by atoms with Crippen molar-refractivity contribution in [3.8, 4) is 11.6 Å². The lowest BCUT2D eigenvalue weighted by Gasteiger charge is -2.09. The number of aromatic nitrogens is 1. The standard InChI is InChI=1S/C14H11ClFNO3/c1-2-8-5-10(3-4-12(8)15)20-13-11(14(18)19)6-9(16)7-17-13/h3-7H,2H2,1H3,(H,18,19). The number of hydrogen-bond donors (Lipinski definition) is 1. The van der Waals surface area contributed by atoms with E-state index in [-0.39, 0.29) is 11.4 Å². The van der Waals surface area contributed by atoms with Crippen molar-refractivity contribution in [2.45, 2.75) is 13.3 Å². The van der Waals surface area contributed by atoms with Crippen LogP contribution in [0, 0.1) is 5.82 Å². The highest BCUT2D eigenvalue weighted by atomic mass is 35.5. The van der Waals surface area contributed by atoms with Crippen LogP contribution in [0.5, 0.6) is 11.6 Å². The average Bonchev–Trinajstić information content (AvgIpc) is 2.42. The van der Waals surface area contributed by atoms with Crippen LogP contribution in [0.2, 0.25) is 5.02 Å². The van der Waals surface area contributed by atoms with Gasteiger partial charge >= 0.3 is 5.97 Å². The number of benzene rings is 1. The Morgan fingerprint density at radius 3 is 2.85 bits per heavy atom. The Labute approximate surface area is 119 Å². The first-order valence-electron chi connectivity index (χ1n) is 5.86. The van der Waals surface area contributed by atoms with Crippen molar-refractivity contribution in [3.63, 3.8) is 0 Å². The molecule has 0 atom stereocenters. The van der Waals surface area contributed by atoms with Crippen molar-refractivity contribution in [2.75, 3.05) is 0 Å². The molecule has 1 N–H and O–H groups in total. The topological polar surface area (TPSA) is 59.4 Å². The lowest BCUT2D eigenvalue weighted by molar-refractivity contribution is 0.0692. The molecule has 2 rings (SSSR count). The van der Waals surface area contributed by atoms with Crippen molar-refractivity contribution in [3.05, 3.63) is 52.4 Å². The van der Waals surface area contributed by atoms with E-state index < -0.39 is 11.8 Å². The van der Waals surface area contributed by atoms with Crippen molar-refractivity contribution in [1.82, 2.24) is 4.98 Å². The Bertz CT molecular complexity index is 661. The number of pyridine rings is 1. The van der Waals surface area contributed by atoms with Gasteiger partial charge in [-0.25, -0.2) is 14.2 Å². The van der Waals surface area contributed by atoms with Crippen molar-refractivity contribution < 1.29 is 19.0 Å². The molecule has 0 saturated carbocycles. The molecule has 104 valence electrons. The number of carboxylic acid groups (broad SMARTS) is 1. The molecule has 0 bridgehead atoms. The van der Waals surface area contributed by atoms with Crippen molar-refractivity contribution in [2.24, 2.45) is 0 Å². The molecule has 0 amide bonds. The van der Waals surface area contributed by atoms with Gasteiger partial charge < -0.3 is 9.84 Å². The molecule has 0 radical (unpaired) electrons. The third-order valence-electron chi connectivity index (χ3n) is 2.66. The zero-order valence-electron chi connectivity index (χ0n) is 10.6. The van der Waals surface area contributed by atoms with E-state index >= 15 is 0 Å². The van der Waals surface area contributed by atoms with Gasteiger partial charge in [0.2, 0.25) is 5.88 Å². The number of nitrogens with zero attached hydrogens (tertiary/aromatic N) is 1. The summed E-state index contributed by atoms with van der Waals surface area (Å²) < 4.78 is 18.4. The molecule has 0 saturated heterocycles. The maximum absolute atomic E-state index is 13.0. The maximum Gasteiger partial charge on any atom is 0.341 e. The minimum atomic E-state index is -1.31. The number of carbonyl (C=O) groups is 1. The minimum absolute atomic E-state index is 0.164. The minimum Gasteiger partial charge on any atom is -0.477 e. The smallest absolute Gasteiger partial charge is 0.341 e. The fraction of sp³-hybridized carbons (Fsp3) is 0.143. The Morgan fingerprint density at radius 2 is 2.20 bits per heavy atom. The summed E-state index contributed by atoms with van der Waals surface area (Å²) in [6.45, 7) is 1.93. The molecule has 0 aliphatic heterocycles. The third-order valence-corrected chi connectivity index (χ3v) is 3.03. The zero-order chi connectivity index (χ0) is 14.7. The van der Waals surface area contributed by atoms with Gasteiger partial charge in [-0.15, -0.1) is 0 Å². The van der Waals surface area contributed by atoms with Crippen LogP contribution in [0.4, 0.5) is 4.39 Å². The lowest BCUT2D eigenvalue weighted by Crippen LogP contribution is -2.03. The van der Waals surface area contributed by atoms with E-state index in [1.54, 1.807) is 18.2 Å². The van der Waals surface area contributed by atoms with Crippen LogP contribution in [0.15, 0.2) is 30.5 Å². The number of hydrogen-bond acceptors (Lipinski definition) is 3. The summed E-state index contributed by atoms with van der Waals surface area (Å²) in [6.07, 6.45) is 1.61. The molecule has 0 spiro atoms. The highest BCUT2D eigenvalue weighted by Crippen LogP contribution is 2.27. The lowest BCUT2D eigenvalue weighted by atomic mass is 10.1. The molecule has 6 heteroatoms. The Balaban J connectivity index is 2.37. The quantitative estimate of drug-likeness (QED) is 0.928. The highest BCUT2D eigenvalue weighted by molar-refractivity contribution is 6.31. The van der Waals surface area contributed by atoms with E-state index in [4.69, 9.17) is 21.4 Å². The number of aromatic carboxylic acids is 1. The Kier molecular flexibility index (Phi) is 4.20. The summed E-state index contributed by atoms with van der Waals surface area (Å²) in [7, 11) is 0. The van der Waals surface area contributed by atoms with Gasteiger partial charge in [0.05, 0.1) is 6.20 Å². The van der Waals surface area contributed by atoms with E-state index in [9.17, 15) is 9.18 Å². The van der Waals surface area contributed by atoms with Crippen molar-refractivity contribution in [1.29, 1.82) is 0 Å². The summed E-state index contributed by atoms with van der Waals surface area (Å²) in [4.78, 5) is 14.7. The monoisotopic (exact) mass is 295 g/mol. The molecule has 1 aromatic heterocycles. The van der Waals surface area contributed by atoms with Gasteiger partial charge in [-0.3, -0.25) is 0 Å². The number of halogens is 2. The van der Waals surface area contributed by atoms with Crippen LogP contribution in [0.1, 0.15) is 22.8 Å². The highest BCUT2D eigenvalue weighted by Gasteiger charge is 2.15. The number of rotatable bonds is 4. The average molecular weight is 296 g/mol. The molecular weight excluding hydrogens is 285 g/mol. The van der Waals surface area contributed by atoms with Crippen molar-refractivity contribution >= 4 is 17.6 Å². The molecule has 2 aromatic rings. The molecule has 0 aliphatic carbocycles. The fourth-order valence-electron chi connectivity index (χ4n) is 1.66. The van der Waals surface area contributed by atoms with Gasteiger partial charge in [0.1, 0.15) is 17.1 Å². The van der Waals surface area contributed by atoms with Gasteiger partial charge in [-0.05, 0) is 36.2 Å². The van der Waals surface area contributed by atoms with E-state index in [1.165, 1.54) is 0 Å².